The summed E-state index contributed by atoms with van der Waals surface area (Å²) in [6.45, 7) is 5.32. The molecule has 0 aliphatic carbocycles. The van der Waals surface area contributed by atoms with E-state index in [0.717, 1.165) is 22.8 Å². The van der Waals surface area contributed by atoms with E-state index in [2.05, 4.69) is 10.3 Å². The summed E-state index contributed by atoms with van der Waals surface area (Å²) in [5.41, 5.74) is 1.85. The first-order valence-electron chi connectivity index (χ1n) is 10.9. The molecule has 2 aromatic carbocycles. The number of carbonyl (C=O) groups excluding carboxylic acids is 1. The van der Waals surface area contributed by atoms with Crippen LogP contribution in [-0.4, -0.2) is 24.1 Å². The molecule has 0 saturated heterocycles. The number of para-hydroxylation sites is 2. The van der Waals surface area contributed by atoms with Crippen molar-refractivity contribution in [2.24, 2.45) is 0 Å². The summed E-state index contributed by atoms with van der Waals surface area (Å²) in [6, 6.07) is 20.9. The zero-order valence-corrected chi connectivity index (χ0v) is 18.6. The number of benzene rings is 2. The number of hydrogen-bond acceptors (Lipinski definition) is 5. The molecule has 3 rings (SSSR count). The van der Waals surface area contributed by atoms with Crippen LogP contribution >= 0.6 is 0 Å². The average Bonchev–Trinajstić information content (AvgIpc) is 2.82. The zero-order valence-electron chi connectivity index (χ0n) is 18.6. The number of rotatable bonds is 12. The molecule has 6 heteroatoms. The monoisotopic (exact) mass is 434 g/mol. The third-order valence-corrected chi connectivity index (χ3v) is 4.80. The second kappa shape index (κ2) is 12.3. The van der Waals surface area contributed by atoms with Gasteiger partial charge in [-0.15, -0.1) is 0 Å². The van der Waals surface area contributed by atoms with Gasteiger partial charge in [0.05, 0.1) is 24.9 Å². The lowest BCUT2D eigenvalue weighted by Crippen LogP contribution is -2.26. The largest absolute Gasteiger partial charge is 0.490 e. The number of carbonyl (C=O) groups is 1. The third kappa shape index (κ3) is 7.30. The fraction of sp³-hybridized carbons (Fsp3) is 0.308. The van der Waals surface area contributed by atoms with Gasteiger partial charge in [-0.05, 0) is 62.2 Å². The molecule has 1 unspecified atom stereocenters. The van der Waals surface area contributed by atoms with Crippen LogP contribution in [0.3, 0.4) is 0 Å². The number of nitrogens with one attached hydrogen (secondary N) is 1. The molecule has 168 valence electrons. The van der Waals surface area contributed by atoms with Gasteiger partial charge in [0, 0.05) is 12.6 Å². The van der Waals surface area contributed by atoms with E-state index < -0.39 is 0 Å². The van der Waals surface area contributed by atoms with Crippen LogP contribution in [0.2, 0.25) is 0 Å². The van der Waals surface area contributed by atoms with E-state index >= 15 is 0 Å². The fourth-order valence-corrected chi connectivity index (χ4v) is 3.17. The molecule has 1 amide bonds. The molecule has 0 saturated carbocycles. The molecule has 1 aromatic heterocycles. The minimum atomic E-state index is -0.125. The van der Waals surface area contributed by atoms with E-state index in [9.17, 15) is 4.79 Å². The first-order chi connectivity index (χ1) is 15.7. The van der Waals surface area contributed by atoms with Gasteiger partial charge in [-0.1, -0.05) is 30.3 Å². The van der Waals surface area contributed by atoms with Gasteiger partial charge < -0.3 is 19.5 Å². The molecule has 3 aromatic rings. The first-order valence-corrected chi connectivity index (χ1v) is 10.9. The van der Waals surface area contributed by atoms with Crippen LogP contribution in [0.25, 0.3) is 0 Å². The average molecular weight is 435 g/mol. The Bertz CT molecular complexity index is 978. The molecule has 0 spiro atoms. The van der Waals surface area contributed by atoms with Gasteiger partial charge in [-0.3, -0.25) is 9.78 Å². The minimum absolute atomic E-state index is 0.0148. The van der Waals surface area contributed by atoms with Crippen molar-refractivity contribution in [1.82, 2.24) is 10.3 Å². The number of nitrogens with zero attached hydrogens (tertiary/aromatic N) is 1. The van der Waals surface area contributed by atoms with Crippen molar-refractivity contribution in [3.05, 3.63) is 84.2 Å². The van der Waals surface area contributed by atoms with Gasteiger partial charge in [0.25, 0.3) is 0 Å². The van der Waals surface area contributed by atoms with Crippen molar-refractivity contribution in [3.8, 4) is 17.2 Å². The van der Waals surface area contributed by atoms with Gasteiger partial charge in [-0.25, -0.2) is 0 Å². The van der Waals surface area contributed by atoms with Crippen LogP contribution < -0.4 is 19.5 Å². The van der Waals surface area contributed by atoms with Crippen LogP contribution in [-0.2, 0) is 11.4 Å². The lowest BCUT2D eigenvalue weighted by Gasteiger charge is -2.16. The zero-order chi connectivity index (χ0) is 22.6. The van der Waals surface area contributed by atoms with E-state index in [-0.39, 0.29) is 11.9 Å². The summed E-state index contributed by atoms with van der Waals surface area (Å²) in [6.07, 6.45) is 2.75. The molecule has 6 nitrogen and oxygen atoms in total. The smallest absolute Gasteiger partial charge is 0.220 e. The molecule has 1 atom stereocenters. The summed E-state index contributed by atoms with van der Waals surface area (Å²) in [4.78, 5) is 16.6. The third-order valence-electron chi connectivity index (χ3n) is 4.80. The molecular weight excluding hydrogens is 404 g/mol. The van der Waals surface area contributed by atoms with Crippen molar-refractivity contribution in [1.29, 1.82) is 0 Å². The second-order valence-electron chi connectivity index (χ2n) is 7.30. The van der Waals surface area contributed by atoms with Gasteiger partial charge in [-0.2, -0.15) is 0 Å². The van der Waals surface area contributed by atoms with Gasteiger partial charge >= 0.3 is 0 Å². The Hall–Kier alpha value is -3.54. The molecule has 32 heavy (non-hydrogen) atoms. The Morgan fingerprint density at radius 3 is 2.50 bits per heavy atom. The molecule has 0 bridgehead atoms. The maximum absolute atomic E-state index is 12.4. The van der Waals surface area contributed by atoms with Crippen molar-refractivity contribution < 1.29 is 19.0 Å². The predicted octanol–water partition coefficient (Wildman–Crippen LogP) is 5.10. The standard InChI is InChI=1S/C26H30N2O4/c1-3-30-24-13-4-5-14-25(24)31-17-9-15-26(29)28-20(2)21-10-8-12-23(18-21)32-19-22-11-6-7-16-27-22/h4-8,10-14,16,18,20H,3,9,15,17,19H2,1-2H3,(H,28,29). The molecule has 0 fully saturated rings. The van der Waals surface area contributed by atoms with Crippen LogP contribution in [0.5, 0.6) is 17.2 Å². The van der Waals surface area contributed by atoms with E-state index in [1.54, 1.807) is 6.20 Å². The van der Waals surface area contributed by atoms with E-state index in [1.807, 2.05) is 80.6 Å². The predicted molar refractivity (Wildman–Crippen MR) is 124 cm³/mol. The summed E-state index contributed by atoms with van der Waals surface area (Å²) < 4.78 is 17.2. The van der Waals surface area contributed by atoms with Crippen LogP contribution in [0.1, 0.15) is 44.0 Å². The molecule has 0 aliphatic heterocycles. The van der Waals surface area contributed by atoms with Crippen molar-refractivity contribution in [2.75, 3.05) is 13.2 Å². The normalized spacial score (nSPS) is 11.4. The lowest BCUT2D eigenvalue weighted by atomic mass is 10.1. The Kier molecular flexibility index (Phi) is 8.92. The number of aromatic nitrogens is 1. The van der Waals surface area contributed by atoms with Crippen molar-refractivity contribution >= 4 is 5.91 Å². The van der Waals surface area contributed by atoms with Gasteiger partial charge in [0.1, 0.15) is 12.4 Å². The number of amides is 1. The van der Waals surface area contributed by atoms with Gasteiger partial charge in [0.15, 0.2) is 11.5 Å². The number of pyridine rings is 1. The van der Waals surface area contributed by atoms with Crippen LogP contribution in [0.4, 0.5) is 0 Å². The Labute approximate surface area is 189 Å². The Morgan fingerprint density at radius 1 is 0.969 bits per heavy atom. The summed E-state index contributed by atoms with van der Waals surface area (Å²) in [5.74, 6) is 2.15. The van der Waals surface area contributed by atoms with E-state index in [0.29, 0.717) is 38.4 Å². The molecule has 0 radical (unpaired) electrons. The van der Waals surface area contributed by atoms with Gasteiger partial charge in [0.2, 0.25) is 5.91 Å². The minimum Gasteiger partial charge on any atom is -0.490 e. The van der Waals surface area contributed by atoms with Crippen LogP contribution in [0, 0.1) is 0 Å². The quantitative estimate of drug-likeness (QED) is 0.402. The lowest BCUT2D eigenvalue weighted by molar-refractivity contribution is -0.121. The Morgan fingerprint density at radius 2 is 1.75 bits per heavy atom. The highest BCUT2D eigenvalue weighted by atomic mass is 16.5. The number of hydrogen-bond donors (Lipinski definition) is 1. The van der Waals surface area contributed by atoms with E-state index in [1.165, 1.54) is 0 Å². The molecular formula is C26H30N2O4. The maximum Gasteiger partial charge on any atom is 0.220 e. The second-order valence-corrected chi connectivity index (χ2v) is 7.30. The van der Waals surface area contributed by atoms with Crippen molar-refractivity contribution in [3.63, 3.8) is 0 Å². The SMILES string of the molecule is CCOc1ccccc1OCCCC(=O)NC(C)c1cccc(OCc2ccccn2)c1. The molecule has 1 N–H and O–H groups in total. The number of ether oxygens (including phenoxy) is 3. The fourth-order valence-electron chi connectivity index (χ4n) is 3.17. The summed E-state index contributed by atoms with van der Waals surface area (Å²) in [5, 5.41) is 3.04. The van der Waals surface area contributed by atoms with E-state index in [4.69, 9.17) is 14.2 Å². The molecule has 1 heterocycles. The summed E-state index contributed by atoms with van der Waals surface area (Å²) in [7, 11) is 0. The molecule has 0 aliphatic rings. The highest BCUT2D eigenvalue weighted by Gasteiger charge is 2.11. The highest BCUT2D eigenvalue weighted by Crippen LogP contribution is 2.26. The summed E-state index contributed by atoms with van der Waals surface area (Å²) >= 11 is 0. The van der Waals surface area contributed by atoms with Crippen molar-refractivity contribution in [2.45, 2.75) is 39.3 Å². The topological polar surface area (TPSA) is 69.7 Å². The highest BCUT2D eigenvalue weighted by molar-refractivity contribution is 5.76. The maximum atomic E-state index is 12.4. The van der Waals surface area contributed by atoms with Crippen LogP contribution in [0.15, 0.2) is 72.9 Å². The first kappa shape index (κ1) is 23.1. The Balaban J connectivity index is 1.42.